The van der Waals surface area contributed by atoms with Crippen LogP contribution in [0.3, 0.4) is 0 Å². The number of hydrogen-bond donors (Lipinski definition) is 1. The van der Waals surface area contributed by atoms with Crippen LogP contribution >= 0.6 is 23.5 Å². The highest BCUT2D eigenvalue weighted by Gasteiger charge is 2.27. The highest BCUT2D eigenvalue weighted by Crippen LogP contribution is 2.29. The highest BCUT2D eigenvalue weighted by atomic mass is 32.2. The Balaban J connectivity index is 1.86. The van der Waals surface area contributed by atoms with E-state index in [1.807, 2.05) is 23.5 Å². The normalized spacial score (nSPS) is 36.4. The van der Waals surface area contributed by atoms with Crippen LogP contribution in [0.2, 0.25) is 0 Å². The van der Waals surface area contributed by atoms with Gasteiger partial charge in [0.25, 0.3) is 0 Å². The summed E-state index contributed by atoms with van der Waals surface area (Å²) in [6, 6.07) is 0.666. The summed E-state index contributed by atoms with van der Waals surface area (Å²) in [6.45, 7) is 3.28. The molecule has 2 rings (SSSR count). The number of aliphatic imine (C=N–C) groups is 1. The molecular formula is C11H20N2S2. The zero-order valence-corrected chi connectivity index (χ0v) is 11.2. The van der Waals surface area contributed by atoms with Crippen molar-refractivity contribution < 1.29 is 0 Å². The second-order valence-corrected chi connectivity index (χ2v) is 6.60. The molecular weight excluding hydrogens is 224 g/mol. The maximum atomic E-state index is 4.60. The van der Waals surface area contributed by atoms with Crippen LogP contribution in [0.5, 0.6) is 0 Å². The van der Waals surface area contributed by atoms with Crippen molar-refractivity contribution in [3.63, 3.8) is 0 Å². The lowest BCUT2D eigenvalue weighted by molar-refractivity contribution is 0.629. The zero-order chi connectivity index (χ0) is 10.7. The molecule has 0 spiro atoms. The molecule has 0 aromatic heterocycles. The Bertz CT molecular complexity index is 243. The molecule has 0 bridgehead atoms. The van der Waals surface area contributed by atoms with Crippen molar-refractivity contribution in [2.24, 2.45) is 10.9 Å². The SMILES string of the molecule is CSC1CCCC1NC1=NCC(C)CS1. The van der Waals surface area contributed by atoms with E-state index in [0.717, 1.165) is 17.7 Å². The van der Waals surface area contributed by atoms with Crippen LogP contribution < -0.4 is 5.32 Å². The average Bonchev–Trinajstić information content (AvgIpc) is 2.69. The van der Waals surface area contributed by atoms with Crippen molar-refractivity contribution in [2.75, 3.05) is 18.6 Å². The van der Waals surface area contributed by atoms with Gasteiger partial charge >= 0.3 is 0 Å². The maximum absolute atomic E-state index is 4.60. The summed E-state index contributed by atoms with van der Waals surface area (Å²) in [5.41, 5.74) is 0. The van der Waals surface area contributed by atoms with Gasteiger partial charge in [-0.2, -0.15) is 11.8 Å². The van der Waals surface area contributed by atoms with Crippen LogP contribution in [-0.4, -0.2) is 35.0 Å². The fraction of sp³-hybridized carbons (Fsp3) is 0.909. The first-order chi connectivity index (χ1) is 7.29. The van der Waals surface area contributed by atoms with Crippen LogP contribution in [0, 0.1) is 5.92 Å². The van der Waals surface area contributed by atoms with Gasteiger partial charge in [0.2, 0.25) is 0 Å². The van der Waals surface area contributed by atoms with Crippen molar-refractivity contribution in [2.45, 2.75) is 37.5 Å². The minimum atomic E-state index is 0.666. The molecule has 1 aliphatic carbocycles. The molecule has 4 heteroatoms. The first kappa shape index (κ1) is 11.6. The Morgan fingerprint density at radius 2 is 2.33 bits per heavy atom. The Morgan fingerprint density at radius 1 is 1.47 bits per heavy atom. The van der Waals surface area contributed by atoms with Crippen molar-refractivity contribution in [1.82, 2.24) is 5.32 Å². The summed E-state index contributed by atoms with van der Waals surface area (Å²) < 4.78 is 0. The van der Waals surface area contributed by atoms with Gasteiger partial charge in [0, 0.05) is 23.6 Å². The van der Waals surface area contributed by atoms with E-state index < -0.39 is 0 Å². The minimum Gasteiger partial charge on any atom is -0.361 e. The van der Waals surface area contributed by atoms with Crippen LogP contribution in [-0.2, 0) is 0 Å². The number of thioether (sulfide) groups is 2. The molecule has 15 heavy (non-hydrogen) atoms. The lowest BCUT2D eigenvalue weighted by Gasteiger charge is -2.24. The Labute approximate surface area is 101 Å². The van der Waals surface area contributed by atoms with E-state index in [1.165, 1.54) is 30.2 Å². The van der Waals surface area contributed by atoms with Gasteiger partial charge in [0.05, 0.1) is 0 Å². The van der Waals surface area contributed by atoms with Gasteiger partial charge in [-0.3, -0.25) is 4.99 Å². The molecule has 0 aromatic carbocycles. The van der Waals surface area contributed by atoms with Crippen LogP contribution in [0.15, 0.2) is 4.99 Å². The molecule has 1 fully saturated rings. The standard InChI is InChI=1S/C11H20N2S2/c1-8-6-12-11(15-7-8)13-9-4-3-5-10(9)14-2/h8-10H,3-7H2,1-2H3,(H,12,13). The number of nitrogens with one attached hydrogen (secondary N) is 1. The van der Waals surface area contributed by atoms with E-state index >= 15 is 0 Å². The van der Waals surface area contributed by atoms with Crippen LogP contribution in [0.4, 0.5) is 0 Å². The Morgan fingerprint density at radius 3 is 3.00 bits per heavy atom. The molecule has 1 aliphatic heterocycles. The Kier molecular flexibility index (Phi) is 4.26. The second-order valence-electron chi connectivity index (χ2n) is 4.52. The third-order valence-electron chi connectivity index (χ3n) is 3.12. The van der Waals surface area contributed by atoms with E-state index in [2.05, 4.69) is 23.5 Å². The summed E-state index contributed by atoms with van der Waals surface area (Å²) in [5, 5.41) is 5.62. The highest BCUT2D eigenvalue weighted by molar-refractivity contribution is 8.13. The third kappa shape index (κ3) is 3.06. The Hall–Kier alpha value is 0.170. The lowest BCUT2D eigenvalue weighted by Crippen LogP contribution is -2.38. The van der Waals surface area contributed by atoms with Gasteiger partial charge in [0.15, 0.2) is 5.17 Å². The van der Waals surface area contributed by atoms with Crippen molar-refractivity contribution in [1.29, 1.82) is 0 Å². The van der Waals surface area contributed by atoms with Gasteiger partial charge in [-0.25, -0.2) is 0 Å². The molecule has 0 amide bonds. The van der Waals surface area contributed by atoms with Crippen molar-refractivity contribution in [3.05, 3.63) is 0 Å². The first-order valence-electron chi connectivity index (χ1n) is 5.76. The molecule has 0 radical (unpaired) electrons. The summed E-state index contributed by atoms with van der Waals surface area (Å²) in [6.07, 6.45) is 6.29. The fourth-order valence-corrected chi connectivity index (χ4v) is 4.06. The second kappa shape index (κ2) is 5.48. The summed E-state index contributed by atoms with van der Waals surface area (Å²) in [4.78, 5) is 4.60. The smallest absolute Gasteiger partial charge is 0.156 e. The van der Waals surface area contributed by atoms with E-state index in [9.17, 15) is 0 Å². The molecule has 2 nitrogen and oxygen atoms in total. The molecule has 0 saturated heterocycles. The minimum absolute atomic E-state index is 0.666. The van der Waals surface area contributed by atoms with Gasteiger partial charge < -0.3 is 5.32 Å². The third-order valence-corrected chi connectivity index (χ3v) is 5.54. The van der Waals surface area contributed by atoms with Crippen molar-refractivity contribution >= 4 is 28.7 Å². The molecule has 1 heterocycles. The number of amidine groups is 1. The molecule has 3 unspecified atom stereocenters. The van der Waals surface area contributed by atoms with Gasteiger partial charge in [0.1, 0.15) is 0 Å². The average molecular weight is 244 g/mol. The van der Waals surface area contributed by atoms with E-state index in [4.69, 9.17) is 0 Å². The van der Waals surface area contributed by atoms with Crippen LogP contribution in [0.1, 0.15) is 26.2 Å². The van der Waals surface area contributed by atoms with E-state index in [1.54, 1.807) is 0 Å². The van der Waals surface area contributed by atoms with Crippen LogP contribution in [0.25, 0.3) is 0 Å². The van der Waals surface area contributed by atoms with Crippen molar-refractivity contribution in [3.8, 4) is 0 Å². The molecule has 86 valence electrons. The van der Waals surface area contributed by atoms with E-state index in [0.29, 0.717) is 6.04 Å². The fourth-order valence-electron chi connectivity index (χ4n) is 2.18. The largest absolute Gasteiger partial charge is 0.361 e. The quantitative estimate of drug-likeness (QED) is 0.808. The number of hydrogen-bond acceptors (Lipinski definition) is 4. The predicted molar refractivity (Wildman–Crippen MR) is 72.0 cm³/mol. The number of nitrogens with zero attached hydrogens (tertiary/aromatic N) is 1. The molecule has 1 saturated carbocycles. The van der Waals surface area contributed by atoms with Gasteiger partial charge in [-0.1, -0.05) is 25.1 Å². The predicted octanol–water partition coefficient (Wildman–Crippen LogP) is 2.60. The number of rotatable bonds is 2. The monoisotopic (exact) mass is 244 g/mol. The summed E-state index contributed by atoms with van der Waals surface area (Å²) in [7, 11) is 0. The molecule has 1 N–H and O–H groups in total. The molecule has 3 atom stereocenters. The molecule has 0 aromatic rings. The zero-order valence-electron chi connectivity index (χ0n) is 9.53. The molecule has 2 aliphatic rings. The topological polar surface area (TPSA) is 24.4 Å². The lowest BCUT2D eigenvalue weighted by atomic mass is 10.2. The first-order valence-corrected chi connectivity index (χ1v) is 8.03. The van der Waals surface area contributed by atoms with Gasteiger partial charge in [-0.05, 0) is 25.0 Å². The van der Waals surface area contributed by atoms with Gasteiger partial charge in [-0.15, -0.1) is 0 Å². The summed E-state index contributed by atoms with van der Waals surface area (Å²) >= 11 is 3.90. The summed E-state index contributed by atoms with van der Waals surface area (Å²) in [5.74, 6) is 1.98. The maximum Gasteiger partial charge on any atom is 0.156 e. The van der Waals surface area contributed by atoms with E-state index in [-0.39, 0.29) is 0 Å².